The summed E-state index contributed by atoms with van der Waals surface area (Å²) in [6.45, 7) is 9.49. The van der Waals surface area contributed by atoms with E-state index in [1.165, 1.54) is 82.6 Å². The molecule has 1 heteroatoms. The molecule has 37 heavy (non-hydrogen) atoms. The molecule has 0 radical (unpaired) electrons. The number of nitrogens with zero attached hydrogens (tertiary/aromatic N) is 1. The third-order valence-electron chi connectivity index (χ3n) is 9.72. The molecule has 0 saturated carbocycles. The zero-order valence-corrected chi connectivity index (χ0v) is 21.6. The van der Waals surface area contributed by atoms with Crippen LogP contribution in [0.3, 0.4) is 0 Å². The van der Waals surface area contributed by atoms with Crippen molar-refractivity contribution in [1.82, 2.24) is 4.40 Å². The fraction of sp³-hybridized carbons (Fsp3) is 0.167. The molecule has 0 fully saturated rings. The van der Waals surface area contributed by atoms with Crippen molar-refractivity contribution < 1.29 is 0 Å². The fourth-order valence-electron chi connectivity index (χ4n) is 7.86. The molecule has 0 unspecified atom stereocenters. The maximum absolute atomic E-state index is 2.55. The molecule has 7 aromatic rings. The Morgan fingerprint density at radius 1 is 0.432 bits per heavy atom. The molecule has 0 atom stereocenters. The molecule has 176 valence electrons. The molecule has 0 saturated heterocycles. The lowest BCUT2D eigenvalue weighted by molar-refractivity contribution is 0.661. The maximum Gasteiger partial charge on any atom is 0.0620 e. The molecule has 5 aromatic carbocycles. The quantitative estimate of drug-likeness (QED) is 0.207. The van der Waals surface area contributed by atoms with Crippen molar-refractivity contribution in [3.63, 3.8) is 0 Å². The second-order valence-electron chi connectivity index (χ2n) is 12.2. The standard InChI is InChI=1S/C36H27N/c1-35(2)28-14-7-5-10-20(28)24-18-32-26(16-30(24)35)22-12-9-13-23-27-17-31-25(19-33(27)37(32)34(22)23)21-11-6-8-15-29(21)36(31,3)4/h5-19H,1-4H3. The second-order valence-corrected chi connectivity index (χ2v) is 12.2. The first-order chi connectivity index (χ1) is 17.9. The van der Waals surface area contributed by atoms with Gasteiger partial charge in [0.15, 0.2) is 0 Å². The van der Waals surface area contributed by atoms with Gasteiger partial charge in [0.1, 0.15) is 0 Å². The van der Waals surface area contributed by atoms with Gasteiger partial charge in [-0.15, -0.1) is 0 Å². The highest BCUT2D eigenvalue weighted by atomic mass is 14.9. The van der Waals surface area contributed by atoms with Gasteiger partial charge in [-0.3, -0.25) is 0 Å². The predicted molar refractivity (Wildman–Crippen MR) is 156 cm³/mol. The van der Waals surface area contributed by atoms with Crippen molar-refractivity contribution in [2.75, 3.05) is 0 Å². The van der Waals surface area contributed by atoms with E-state index in [0.717, 1.165) is 0 Å². The summed E-state index contributed by atoms with van der Waals surface area (Å²) in [5, 5.41) is 5.45. The molecule has 0 amide bonds. The Labute approximate surface area is 216 Å². The van der Waals surface area contributed by atoms with Crippen molar-refractivity contribution in [2.45, 2.75) is 38.5 Å². The lowest BCUT2D eigenvalue weighted by Gasteiger charge is -2.21. The Bertz CT molecular complexity index is 1990. The lowest BCUT2D eigenvalue weighted by atomic mass is 9.82. The SMILES string of the molecule is CC1(C)c2ccccc2-c2cc3c(cc21)c1cccc2c4cc5c(cc4n3c12)-c1ccccc1C5(C)C. The molecular formula is C36H27N. The minimum atomic E-state index is 0.00426. The summed E-state index contributed by atoms with van der Waals surface area (Å²) < 4.78 is 2.55. The second kappa shape index (κ2) is 6.06. The summed E-state index contributed by atoms with van der Waals surface area (Å²) in [5.74, 6) is 0. The van der Waals surface area contributed by atoms with E-state index in [4.69, 9.17) is 0 Å². The third kappa shape index (κ3) is 2.12. The Morgan fingerprint density at radius 3 is 1.38 bits per heavy atom. The van der Waals surface area contributed by atoms with Crippen LogP contribution in [0.15, 0.2) is 91.0 Å². The topological polar surface area (TPSA) is 4.41 Å². The Morgan fingerprint density at radius 2 is 0.892 bits per heavy atom. The molecule has 2 heterocycles. The highest BCUT2D eigenvalue weighted by Gasteiger charge is 2.38. The van der Waals surface area contributed by atoms with Crippen LogP contribution in [0, 0.1) is 0 Å². The first kappa shape index (κ1) is 20.0. The number of fused-ring (bicyclic) bond motifs is 12. The number of para-hydroxylation sites is 1. The third-order valence-corrected chi connectivity index (χ3v) is 9.72. The zero-order valence-electron chi connectivity index (χ0n) is 21.6. The smallest absolute Gasteiger partial charge is 0.0620 e. The Hall–Kier alpha value is -4.10. The van der Waals surface area contributed by atoms with Crippen LogP contribution in [0.1, 0.15) is 49.9 Å². The first-order valence-corrected chi connectivity index (χ1v) is 13.4. The van der Waals surface area contributed by atoms with Crippen LogP contribution in [0.4, 0.5) is 0 Å². The van der Waals surface area contributed by atoms with E-state index >= 15 is 0 Å². The predicted octanol–water partition coefficient (Wildman–Crippen LogP) is 9.45. The molecule has 0 N–H and O–H groups in total. The van der Waals surface area contributed by atoms with Gasteiger partial charge in [-0.05, 0) is 68.8 Å². The average molecular weight is 474 g/mol. The first-order valence-electron chi connectivity index (χ1n) is 13.4. The number of benzene rings is 5. The van der Waals surface area contributed by atoms with Gasteiger partial charge in [0.2, 0.25) is 0 Å². The molecule has 2 aliphatic rings. The van der Waals surface area contributed by atoms with Crippen LogP contribution in [0.25, 0.3) is 60.3 Å². The van der Waals surface area contributed by atoms with Crippen LogP contribution in [-0.4, -0.2) is 4.40 Å². The van der Waals surface area contributed by atoms with Gasteiger partial charge in [0, 0.05) is 32.4 Å². The molecule has 0 aliphatic heterocycles. The summed E-state index contributed by atoms with van der Waals surface area (Å²) >= 11 is 0. The van der Waals surface area contributed by atoms with E-state index in [0.29, 0.717) is 0 Å². The number of rotatable bonds is 0. The molecule has 0 spiro atoms. The van der Waals surface area contributed by atoms with E-state index in [2.05, 4.69) is 123 Å². The maximum atomic E-state index is 2.55. The van der Waals surface area contributed by atoms with Crippen molar-refractivity contribution in [2.24, 2.45) is 0 Å². The van der Waals surface area contributed by atoms with E-state index in [1.807, 2.05) is 0 Å². The number of aromatic nitrogens is 1. The fourth-order valence-corrected chi connectivity index (χ4v) is 7.86. The summed E-state index contributed by atoms with van der Waals surface area (Å²) in [6.07, 6.45) is 0. The molecule has 2 aliphatic carbocycles. The number of hydrogen-bond acceptors (Lipinski definition) is 0. The normalized spacial score (nSPS) is 16.5. The van der Waals surface area contributed by atoms with Gasteiger partial charge >= 0.3 is 0 Å². The van der Waals surface area contributed by atoms with Crippen LogP contribution in [0.5, 0.6) is 0 Å². The Balaban J connectivity index is 1.47. The van der Waals surface area contributed by atoms with Crippen molar-refractivity contribution in [3.05, 3.63) is 113 Å². The molecule has 0 bridgehead atoms. The van der Waals surface area contributed by atoms with Crippen molar-refractivity contribution >= 4 is 38.1 Å². The van der Waals surface area contributed by atoms with E-state index in [1.54, 1.807) is 0 Å². The molecule has 1 nitrogen and oxygen atoms in total. The van der Waals surface area contributed by atoms with E-state index in [9.17, 15) is 0 Å². The molecule has 9 rings (SSSR count). The summed E-state index contributed by atoms with van der Waals surface area (Å²) in [5.41, 5.74) is 15.3. The molecule has 2 aromatic heterocycles. The van der Waals surface area contributed by atoms with Crippen LogP contribution >= 0.6 is 0 Å². The van der Waals surface area contributed by atoms with E-state index in [-0.39, 0.29) is 10.8 Å². The minimum Gasteiger partial charge on any atom is -0.308 e. The minimum absolute atomic E-state index is 0.00426. The Kier molecular flexibility index (Phi) is 3.28. The monoisotopic (exact) mass is 473 g/mol. The summed E-state index contributed by atoms with van der Waals surface area (Å²) in [7, 11) is 0. The van der Waals surface area contributed by atoms with Gasteiger partial charge in [-0.2, -0.15) is 0 Å². The average Bonchev–Trinajstić information content (AvgIpc) is 3.56. The highest BCUT2D eigenvalue weighted by molar-refractivity contribution is 6.24. The van der Waals surface area contributed by atoms with Gasteiger partial charge < -0.3 is 4.40 Å². The molecular weight excluding hydrogens is 446 g/mol. The van der Waals surface area contributed by atoms with Crippen LogP contribution in [0.2, 0.25) is 0 Å². The van der Waals surface area contributed by atoms with Crippen LogP contribution < -0.4 is 0 Å². The summed E-state index contributed by atoms with van der Waals surface area (Å²) in [4.78, 5) is 0. The van der Waals surface area contributed by atoms with Crippen LogP contribution in [-0.2, 0) is 10.8 Å². The highest BCUT2D eigenvalue weighted by Crippen LogP contribution is 2.53. The lowest BCUT2D eigenvalue weighted by Crippen LogP contribution is -2.14. The zero-order chi connectivity index (χ0) is 24.8. The largest absolute Gasteiger partial charge is 0.308 e. The van der Waals surface area contributed by atoms with Gasteiger partial charge in [0.05, 0.1) is 16.6 Å². The van der Waals surface area contributed by atoms with E-state index < -0.39 is 0 Å². The van der Waals surface area contributed by atoms with Gasteiger partial charge in [-0.25, -0.2) is 0 Å². The van der Waals surface area contributed by atoms with Gasteiger partial charge in [0.25, 0.3) is 0 Å². The van der Waals surface area contributed by atoms with Crippen molar-refractivity contribution in [1.29, 1.82) is 0 Å². The van der Waals surface area contributed by atoms with Crippen molar-refractivity contribution in [3.8, 4) is 22.3 Å². The summed E-state index contributed by atoms with van der Waals surface area (Å²) in [6, 6.07) is 34.7. The van der Waals surface area contributed by atoms with Gasteiger partial charge in [-0.1, -0.05) is 94.4 Å². The number of hydrogen-bond donors (Lipinski definition) is 0.